The number of non-ortho nitro benzene ring substituents is 1. The van der Waals surface area contributed by atoms with Gasteiger partial charge in [-0.25, -0.2) is 0 Å². The van der Waals surface area contributed by atoms with E-state index in [1.54, 1.807) is 7.05 Å². The van der Waals surface area contributed by atoms with E-state index in [4.69, 9.17) is 0 Å². The lowest BCUT2D eigenvalue weighted by molar-refractivity contribution is -0.384. The zero-order valence-electron chi connectivity index (χ0n) is 11.5. The number of likely N-dealkylation sites (N-methyl/N-ethyl adjacent to an activating group) is 1. The number of halogens is 1. The van der Waals surface area contributed by atoms with E-state index in [0.29, 0.717) is 17.4 Å². The highest BCUT2D eigenvalue weighted by Crippen LogP contribution is 2.21. The van der Waals surface area contributed by atoms with Gasteiger partial charge in [-0.3, -0.25) is 20.0 Å². The molecule has 2 rings (SSSR count). The van der Waals surface area contributed by atoms with Crippen LogP contribution in [-0.2, 0) is 0 Å². The SMILES string of the molecule is CNC(C)CNC(=O)c1n[nH]c2ccc([N+](=O)[O-])cc12.Cl. The number of nitrogens with zero attached hydrogens (tertiary/aromatic N) is 2. The summed E-state index contributed by atoms with van der Waals surface area (Å²) in [5, 5.41) is 23.5. The molecule has 0 aliphatic heterocycles. The van der Waals surface area contributed by atoms with Crippen LogP contribution in [0, 0.1) is 10.1 Å². The fraction of sp³-hybridized carbons (Fsp3) is 0.333. The van der Waals surface area contributed by atoms with Gasteiger partial charge in [0.15, 0.2) is 5.69 Å². The number of amides is 1. The molecular formula is C12H16ClN5O3. The van der Waals surface area contributed by atoms with Gasteiger partial charge in [0.05, 0.1) is 10.4 Å². The number of H-pyrrole nitrogens is 1. The molecule has 0 spiro atoms. The van der Waals surface area contributed by atoms with Crippen LogP contribution in [0.2, 0.25) is 0 Å². The molecule has 0 aliphatic carbocycles. The van der Waals surface area contributed by atoms with Crippen molar-refractivity contribution in [3.63, 3.8) is 0 Å². The van der Waals surface area contributed by atoms with Gasteiger partial charge in [0.1, 0.15) is 0 Å². The van der Waals surface area contributed by atoms with E-state index in [2.05, 4.69) is 20.8 Å². The number of fused-ring (bicyclic) bond motifs is 1. The summed E-state index contributed by atoms with van der Waals surface area (Å²) in [5.41, 5.74) is 0.672. The first-order valence-electron chi connectivity index (χ1n) is 6.11. The monoisotopic (exact) mass is 313 g/mol. The van der Waals surface area contributed by atoms with Crippen molar-refractivity contribution in [2.75, 3.05) is 13.6 Å². The summed E-state index contributed by atoms with van der Waals surface area (Å²) in [6.45, 7) is 2.37. The minimum Gasteiger partial charge on any atom is -0.349 e. The Hall–Kier alpha value is -2.19. The summed E-state index contributed by atoms with van der Waals surface area (Å²) in [6.07, 6.45) is 0. The molecule has 0 bridgehead atoms. The summed E-state index contributed by atoms with van der Waals surface area (Å²) >= 11 is 0. The third kappa shape index (κ3) is 3.67. The van der Waals surface area contributed by atoms with Gasteiger partial charge in [-0.1, -0.05) is 0 Å². The Kier molecular flexibility index (Phi) is 5.62. The van der Waals surface area contributed by atoms with Gasteiger partial charge in [-0.2, -0.15) is 5.10 Å². The van der Waals surface area contributed by atoms with Crippen molar-refractivity contribution in [2.24, 2.45) is 0 Å². The molecule has 0 saturated heterocycles. The predicted molar refractivity (Wildman–Crippen MR) is 80.9 cm³/mol. The number of nitrogens with one attached hydrogen (secondary N) is 3. The number of benzene rings is 1. The molecule has 8 nitrogen and oxygen atoms in total. The molecule has 1 aromatic heterocycles. The van der Waals surface area contributed by atoms with Gasteiger partial charge >= 0.3 is 0 Å². The van der Waals surface area contributed by atoms with Crippen LogP contribution in [0.4, 0.5) is 5.69 Å². The fourth-order valence-corrected chi connectivity index (χ4v) is 1.72. The van der Waals surface area contributed by atoms with Gasteiger partial charge in [0, 0.05) is 30.1 Å². The Morgan fingerprint density at radius 1 is 1.52 bits per heavy atom. The number of hydrogen-bond acceptors (Lipinski definition) is 5. The lowest BCUT2D eigenvalue weighted by Crippen LogP contribution is -2.37. The maximum absolute atomic E-state index is 12.0. The van der Waals surface area contributed by atoms with Crippen LogP contribution in [0.25, 0.3) is 10.9 Å². The number of nitro groups is 1. The third-order valence-corrected chi connectivity index (χ3v) is 3.03. The molecule has 0 fully saturated rings. The largest absolute Gasteiger partial charge is 0.349 e. The van der Waals surface area contributed by atoms with E-state index in [-0.39, 0.29) is 35.7 Å². The van der Waals surface area contributed by atoms with Gasteiger partial charge < -0.3 is 10.6 Å². The van der Waals surface area contributed by atoms with Gasteiger partial charge in [0.2, 0.25) is 0 Å². The average molecular weight is 314 g/mol. The average Bonchev–Trinajstić information content (AvgIpc) is 2.87. The molecule has 9 heteroatoms. The normalized spacial score (nSPS) is 11.7. The second-order valence-corrected chi connectivity index (χ2v) is 4.46. The molecule has 21 heavy (non-hydrogen) atoms. The van der Waals surface area contributed by atoms with Crippen molar-refractivity contribution in [1.29, 1.82) is 0 Å². The number of hydrogen-bond donors (Lipinski definition) is 3. The van der Waals surface area contributed by atoms with Crippen LogP contribution in [0.3, 0.4) is 0 Å². The maximum Gasteiger partial charge on any atom is 0.272 e. The van der Waals surface area contributed by atoms with Crippen LogP contribution < -0.4 is 10.6 Å². The number of aromatic nitrogens is 2. The highest BCUT2D eigenvalue weighted by molar-refractivity contribution is 6.05. The second kappa shape index (κ2) is 7.00. The molecule has 1 atom stereocenters. The maximum atomic E-state index is 12.0. The van der Waals surface area contributed by atoms with Crippen molar-refractivity contribution < 1.29 is 9.72 Å². The number of carbonyl (C=O) groups excluding carboxylic acids is 1. The molecule has 1 aromatic carbocycles. The molecule has 3 N–H and O–H groups in total. The quantitative estimate of drug-likeness (QED) is 0.567. The molecule has 0 radical (unpaired) electrons. The first kappa shape index (κ1) is 16.9. The van der Waals surface area contributed by atoms with E-state index >= 15 is 0 Å². The van der Waals surface area contributed by atoms with Crippen LogP contribution in [0.15, 0.2) is 18.2 Å². The standard InChI is InChI=1S/C12H15N5O3.ClH/c1-7(13-2)6-14-12(18)11-9-5-8(17(19)20)3-4-10(9)15-16-11;/h3-5,7,13H,6H2,1-2H3,(H,14,18)(H,15,16);1H. The van der Waals surface area contributed by atoms with Gasteiger partial charge in [-0.05, 0) is 20.0 Å². The Morgan fingerprint density at radius 2 is 2.24 bits per heavy atom. The highest BCUT2D eigenvalue weighted by atomic mass is 35.5. The topological polar surface area (TPSA) is 113 Å². The zero-order valence-corrected chi connectivity index (χ0v) is 12.4. The van der Waals surface area contributed by atoms with Crippen molar-refractivity contribution in [3.8, 4) is 0 Å². The molecule has 1 amide bonds. The first-order chi connectivity index (χ1) is 9.52. The number of rotatable bonds is 5. The number of carbonyl (C=O) groups is 1. The summed E-state index contributed by atoms with van der Waals surface area (Å²) < 4.78 is 0. The molecule has 114 valence electrons. The first-order valence-corrected chi connectivity index (χ1v) is 6.11. The minimum atomic E-state index is -0.503. The van der Waals surface area contributed by atoms with Crippen LogP contribution in [0.1, 0.15) is 17.4 Å². The predicted octanol–water partition coefficient (Wildman–Crippen LogP) is 1.23. The Balaban J connectivity index is 0.00000220. The minimum absolute atomic E-state index is 0. The van der Waals surface area contributed by atoms with Gasteiger partial charge in [0.25, 0.3) is 11.6 Å². The molecule has 1 unspecified atom stereocenters. The van der Waals surface area contributed by atoms with Crippen molar-refractivity contribution >= 4 is 34.9 Å². The van der Waals surface area contributed by atoms with Gasteiger partial charge in [-0.15, -0.1) is 12.4 Å². The summed E-state index contributed by atoms with van der Waals surface area (Å²) in [5.74, 6) is -0.362. The Labute approximate surface area is 126 Å². The van der Waals surface area contributed by atoms with Crippen LogP contribution >= 0.6 is 12.4 Å². The zero-order chi connectivity index (χ0) is 14.7. The van der Waals surface area contributed by atoms with E-state index < -0.39 is 4.92 Å². The van der Waals surface area contributed by atoms with E-state index in [9.17, 15) is 14.9 Å². The van der Waals surface area contributed by atoms with Crippen LogP contribution in [-0.4, -0.2) is 40.7 Å². The number of aromatic amines is 1. The lowest BCUT2D eigenvalue weighted by atomic mass is 10.2. The molecule has 1 heterocycles. The fourth-order valence-electron chi connectivity index (χ4n) is 1.72. The van der Waals surface area contributed by atoms with Crippen molar-refractivity contribution in [1.82, 2.24) is 20.8 Å². The summed E-state index contributed by atoms with van der Waals surface area (Å²) in [6, 6.07) is 4.37. The van der Waals surface area contributed by atoms with E-state index in [1.807, 2.05) is 6.92 Å². The Bertz CT molecular complexity index is 657. The third-order valence-electron chi connectivity index (χ3n) is 3.03. The lowest BCUT2D eigenvalue weighted by Gasteiger charge is -2.10. The second-order valence-electron chi connectivity index (χ2n) is 4.46. The smallest absolute Gasteiger partial charge is 0.272 e. The van der Waals surface area contributed by atoms with E-state index in [1.165, 1.54) is 18.2 Å². The summed E-state index contributed by atoms with van der Waals surface area (Å²) in [7, 11) is 1.80. The number of nitro benzene ring substituents is 1. The van der Waals surface area contributed by atoms with E-state index in [0.717, 1.165) is 0 Å². The summed E-state index contributed by atoms with van der Waals surface area (Å²) in [4.78, 5) is 22.3. The highest BCUT2D eigenvalue weighted by Gasteiger charge is 2.17. The molecule has 2 aromatic rings. The molecule has 0 saturated carbocycles. The van der Waals surface area contributed by atoms with Crippen molar-refractivity contribution in [3.05, 3.63) is 34.0 Å². The molecule has 0 aliphatic rings. The van der Waals surface area contributed by atoms with Crippen molar-refractivity contribution in [2.45, 2.75) is 13.0 Å². The Morgan fingerprint density at radius 3 is 2.86 bits per heavy atom. The molecular weight excluding hydrogens is 298 g/mol. The van der Waals surface area contributed by atoms with Crippen LogP contribution in [0.5, 0.6) is 0 Å².